The van der Waals surface area contributed by atoms with Gasteiger partial charge in [-0.15, -0.1) is 9.24 Å². The lowest BCUT2D eigenvalue weighted by Gasteiger charge is -2.34. The first-order chi connectivity index (χ1) is 3.25. The summed E-state index contributed by atoms with van der Waals surface area (Å²) in [6.45, 7) is 8.98. The highest BCUT2D eigenvalue weighted by Gasteiger charge is 2.27. The predicted octanol–water partition coefficient (Wildman–Crippen LogP) is 1.26. The molecule has 0 amide bonds. The molecule has 0 radical (unpaired) electrons. The molecular weight excluding hydrogens is 114 g/mol. The lowest BCUT2D eigenvalue weighted by Crippen LogP contribution is -2.33. The Balaban J connectivity index is 4.02. The number of rotatable bonds is 0. The van der Waals surface area contributed by atoms with Gasteiger partial charge in [-0.2, -0.15) is 0 Å². The first kappa shape index (κ1) is 8.49. The molecule has 0 rings (SSSR count). The SMILES string of the molecule is BC(C)(P)C(C)(C)C. The summed E-state index contributed by atoms with van der Waals surface area (Å²) in [7, 11) is 5.09. The fourth-order valence-electron chi connectivity index (χ4n) is 0. The minimum atomic E-state index is 0.354. The fraction of sp³-hybridized carbons (Fsp3) is 1.00. The fourth-order valence-corrected chi connectivity index (χ4v) is 0. The van der Waals surface area contributed by atoms with E-state index in [1.54, 1.807) is 0 Å². The number of hydrogen-bond donors (Lipinski definition) is 0. The van der Waals surface area contributed by atoms with Gasteiger partial charge < -0.3 is 0 Å². The van der Waals surface area contributed by atoms with E-state index in [0.717, 1.165) is 0 Å². The first-order valence-electron chi connectivity index (χ1n) is 3.04. The standard InChI is InChI=1S/C6H16BP/c1-5(2,3)6(4,7)8/h7-8H2,1-4H3. The summed E-state index contributed by atoms with van der Waals surface area (Å²) in [5, 5.41) is 0.354. The highest BCUT2D eigenvalue weighted by Crippen LogP contribution is 2.34. The van der Waals surface area contributed by atoms with Crippen molar-refractivity contribution in [3.05, 3.63) is 0 Å². The Morgan fingerprint density at radius 1 is 1.12 bits per heavy atom. The van der Waals surface area contributed by atoms with Gasteiger partial charge in [-0.05, 0) is 10.5 Å². The summed E-state index contributed by atoms with van der Waals surface area (Å²) in [6.07, 6.45) is 0. The molecule has 2 heteroatoms. The van der Waals surface area contributed by atoms with E-state index >= 15 is 0 Å². The molecule has 0 saturated heterocycles. The lowest BCUT2D eigenvalue weighted by molar-refractivity contribution is 0.377. The van der Waals surface area contributed by atoms with Gasteiger partial charge in [0.05, 0.1) is 0 Å². The van der Waals surface area contributed by atoms with Crippen molar-refractivity contribution in [2.24, 2.45) is 5.41 Å². The van der Waals surface area contributed by atoms with Gasteiger partial charge in [-0.3, -0.25) is 0 Å². The Labute approximate surface area is 56.0 Å². The summed E-state index contributed by atoms with van der Waals surface area (Å²) in [4.78, 5) is 0. The van der Waals surface area contributed by atoms with Gasteiger partial charge in [-0.1, -0.05) is 27.7 Å². The quantitative estimate of drug-likeness (QED) is 0.342. The van der Waals surface area contributed by atoms with E-state index in [0.29, 0.717) is 10.5 Å². The van der Waals surface area contributed by atoms with Crippen LogP contribution < -0.4 is 0 Å². The van der Waals surface area contributed by atoms with Crippen LogP contribution in [0.2, 0.25) is 0 Å². The third-order valence-electron chi connectivity index (χ3n) is 1.93. The molecule has 0 aromatic carbocycles. The van der Waals surface area contributed by atoms with Crippen molar-refractivity contribution in [2.45, 2.75) is 32.8 Å². The maximum absolute atomic E-state index is 2.86. The summed E-state index contributed by atoms with van der Waals surface area (Å²) in [5.41, 5.74) is 0.400. The molecule has 0 fully saturated rings. The molecule has 0 aliphatic heterocycles. The van der Waals surface area contributed by atoms with Gasteiger partial charge in [0.2, 0.25) is 0 Å². The maximum atomic E-state index is 2.86. The molecule has 0 bridgehead atoms. The normalized spacial score (nSPS) is 20.1. The molecule has 0 N–H and O–H groups in total. The van der Waals surface area contributed by atoms with Crippen molar-refractivity contribution in [3.63, 3.8) is 0 Å². The Bertz CT molecular complexity index is 63.5. The minimum absolute atomic E-state index is 0.354. The van der Waals surface area contributed by atoms with Gasteiger partial charge >= 0.3 is 0 Å². The molecule has 8 heavy (non-hydrogen) atoms. The molecule has 0 spiro atoms. The largest absolute Gasteiger partial charge is 0.139 e. The van der Waals surface area contributed by atoms with Crippen molar-refractivity contribution >= 4 is 17.1 Å². The van der Waals surface area contributed by atoms with E-state index in [-0.39, 0.29) is 0 Å². The van der Waals surface area contributed by atoms with Crippen LogP contribution in [-0.2, 0) is 0 Å². The second-order valence-electron chi connectivity index (χ2n) is 3.97. The van der Waals surface area contributed by atoms with E-state index in [1.165, 1.54) is 0 Å². The molecular formula is C6H16BP. The summed E-state index contributed by atoms with van der Waals surface area (Å²) < 4.78 is 0. The topological polar surface area (TPSA) is 0 Å². The molecule has 0 aliphatic carbocycles. The Kier molecular flexibility index (Phi) is 2.15. The van der Waals surface area contributed by atoms with Crippen molar-refractivity contribution in [2.75, 3.05) is 0 Å². The second-order valence-corrected chi connectivity index (χ2v) is 5.42. The summed E-state index contributed by atoms with van der Waals surface area (Å²) in [6, 6.07) is 0. The predicted molar refractivity (Wildman–Crippen MR) is 46.1 cm³/mol. The Morgan fingerprint density at radius 2 is 1.25 bits per heavy atom. The van der Waals surface area contributed by atoms with Crippen LogP contribution in [0.3, 0.4) is 0 Å². The summed E-state index contributed by atoms with van der Waals surface area (Å²) >= 11 is 0. The molecule has 0 aromatic rings. The monoisotopic (exact) mass is 130 g/mol. The zero-order chi connectivity index (χ0) is 7.00. The van der Waals surface area contributed by atoms with Crippen LogP contribution >= 0.6 is 9.24 Å². The molecule has 0 saturated carbocycles. The van der Waals surface area contributed by atoms with Crippen molar-refractivity contribution < 1.29 is 0 Å². The van der Waals surface area contributed by atoms with Crippen LogP contribution in [0.5, 0.6) is 0 Å². The zero-order valence-corrected chi connectivity index (χ0v) is 7.73. The summed E-state index contributed by atoms with van der Waals surface area (Å²) in [5.74, 6) is 0. The Morgan fingerprint density at radius 3 is 1.25 bits per heavy atom. The zero-order valence-electron chi connectivity index (χ0n) is 6.58. The minimum Gasteiger partial charge on any atom is -0.139 e. The molecule has 0 nitrogen and oxygen atoms in total. The average Bonchev–Trinajstić information content (AvgIpc) is 1.25. The maximum Gasteiger partial charge on any atom is 0.114 e. The highest BCUT2D eigenvalue weighted by atomic mass is 31.0. The molecule has 2 atom stereocenters. The van der Waals surface area contributed by atoms with Gasteiger partial charge in [0, 0.05) is 0 Å². The van der Waals surface area contributed by atoms with Crippen molar-refractivity contribution in [1.82, 2.24) is 0 Å². The average molecular weight is 130 g/mol. The van der Waals surface area contributed by atoms with Gasteiger partial charge in [0.1, 0.15) is 7.85 Å². The third kappa shape index (κ3) is 2.18. The molecule has 0 heterocycles. The lowest BCUT2D eigenvalue weighted by atomic mass is 9.69. The highest BCUT2D eigenvalue weighted by molar-refractivity contribution is 7.22. The van der Waals surface area contributed by atoms with Crippen LogP contribution in [0.4, 0.5) is 0 Å². The number of hydrogen-bond acceptors (Lipinski definition) is 0. The molecule has 0 aliphatic rings. The smallest absolute Gasteiger partial charge is 0.114 e. The van der Waals surface area contributed by atoms with E-state index < -0.39 is 0 Å². The van der Waals surface area contributed by atoms with Crippen LogP contribution in [0.25, 0.3) is 0 Å². The van der Waals surface area contributed by atoms with E-state index in [9.17, 15) is 0 Å². The second kappa shape index (κ2) is 2.03. The molecule has 2 unspecified atom stereocenters. The first-order valence-corrected chi connectivity index (χ1v) is 3.62. The van der Waals surface area contributed by atoms with Crippen LogP contribution in [-0.4, -0.2) is 12.9 Å². The van der Waals surface area contributed by atoms with Crippen LogP contribution in [0.1, 0.15) is 27.7 Å². The van der Waals surface area contributed by atoms with E-state index in [2.05, 4.69) is 44.8 Å². The van der Waals surface area contributed by atoms with Crippen LogP contribution in [0, 0.1) is 5.41 Å². The van der Waals surface area contributed by atoms with E-state index in [4.69, 9.17) is 0 Å². The van der Waals surface area contributed by atoms with Gasteiger partial charge in [0.25, 0.3) is 0 Å². The van der Waals surface area contributed by atoms with E-state index in [1.807, 2.05) is 0 Å². The van der Waals surface area contributed by atoms with Crippen molar-refractivity contribution in [3.8, 4) is 0 Å². The van der Waals surface area contributed by atoms with Gasteiger partial charge in [0.15, 0.2) is 0 Å². The van der Waals surface area contributed by atoms with Crippen molar-refractivity contribution in [1.29, 1.82) is 0 Å². The van der Waals surface area contributed by atoms with Gasteiger partial charge in [-0.25, -0.2) is 0 Å². The third-order valence-corrected chi connectivity index (χ3v) is 2.80. The van der Waals surface area contributed by atoms with Crippen LogP contribution in [0.15, 0.2) is 0 Å². The Hall–Kier alpha value is 0.495. The molecule has 48 valence electrons. The molecule has 0 aromatic heterocycles.